The van der Waals surface area contributed by atoms with Gasteiger partial charge in [0.15, 0.2) is 0 Å². The second kappa shape index (κ2) is 4.24. The first kappa shape index (κ1) is 9.21. The normalized spacial score (nSPS) is 18.2. The maximum Gasteiger partial charge on any atom is 0.264 e. The van der Waals surface area contributed by atoms with Gasteiger partial charge in [-0.15, -0.1) is 0 Å². The van der Waals surface area contributed by atoms with Crippen LogP contribution in [0.15, 0.2) is 15.5 Å². The molecular weight excluding hydrogens is 232 g/mol. The number of aromatic nitrogens is 1. The molecule has 2 rings (SSSR count). The van der Waals surface area contributed by atoms with Crippen molar-refractivity contribution in [3.63, 3.8) is 0 Å². The van der Waals surface area contributed by atoms with Gasteiger partial charge in [-0.25, -0.2) is 4.98 Å². The molecule has 13 heavy (non-hydrogen) atoms. The Morgan fingerprint density at radius 3 is 2.92 bits per heavy atom. The molecule has 0 radical (unpaired) electrons. The number of hydrogen-bond acceptors (Lipinski definition) is 3. The molecule has 0 aromatic carbocycles. The predicted molar refractivity (Wildman–Crippen MR) is 53.3 cm³/mol. The maximum absolute atomic E-state index is 5.05. The molecule has 1 aliphatic rings. The Morgan fingerprint density at radius 1 is 1.54 bits per heavy atom. The summed E-state index contributed by atoms with van der Waals surface area (Å²) < 4.78 is 5.05. The van der Waals surface area contributed by atoms with E-state index in [0.717, 1.165) is 12.2 Å². The van der Waals surface area contributed by atoms with Crippen LogP contribution >= 0.6 is 15.9 Å². The van der Waals surface area contributed by atoms with E-state index in [1.165, 1.54) is 25.7 Å². The van der Waals surface area contributed by atoms with Gasteiger partial charge in [-0.2, -0.15) is 0 Å². The Morgan fingerprint density at radius 2 is 2.31 bits per heavy atom. The highest BCUT2D eigenvalue weighted by Crippen LogP contribution is 2.18. The zero-order chi connectivity index (χ0) is 9.10. The fraction of sp³-hybridized carbons (Fsp3) is 0.667. The molecular formula is C9H13BrN2O. The smallest absolute Gasteiger partial charge is 0.264 e. The highest BCUT2D eigenvalue weighted by atomic mass is 79.9. The fourth-order valence-corrected chi connectivity index (χ4v) is 2.06. The number of nitrogens with one attached hydrogen (secondary N) is 1. The van der Waals surface area contributed by atoms with E-state index in [-0.39, 0.29) is 0 Å². The highest BCUT2D eigenvalue weighted by molar-refractivity contribution is 9.10. The van der Waals surface area contributed by atoms with Crippen LogP contribution in [0.25, 0.3) is 0 Å². The van der Waals surface area contributed by atoms with E-state index in [1.807, 2.05) is 0 Å². The van der Waals surface area contributed by atoms with E-state index < -0.39 is 0 Å². The van der Waals surface area contributed by atoms with E-state index in [4.69, 9.17) is 4.42 Å². The summed E-state index contributed by atoms with van der Waals surface area (Å²) in [5.74, 6) is 0. The van der Waals surface area contributed by atoms with Crippen molar-refractivity contribution in [2.75, 3.05) is 0 Å². The molecule has 72 valence electrons. The summed E-state index contributed by atoms with van der Waals surface area (Å²) in [5, 5.41) is 3.47. The first-order valence-electron chi connectivity index (χ1n) is 4.68. The number of nitrogens with zero attached hydrogens (tertiary/aromatic N) is 1. The lowest BCUT2D eigenvalue weighted by molar-refractivity contribution is 0.512. The highest BCUT2D eigenvalue weighted by Gasteiger charge is 2.14. The largest absolute Gasteiger partial charge is 0.439 e. The summed E-state index contributed by atoms with van der Waals surface area (Å²) in [6, 6.07) is 0.690. The quantitative estimate of drug-likeness (QED) is 0.888. The SMILES string of the molecule is Brc1nc(CNC2CCCC2)co1. The Hall–Kier alpha value is -0.350. The second-order valence-corrected chi connectivity index (χ2v) is 4.13. The lowest BCUT2D eigenvalue weighted by Gasteiger charge is -2.08. The standard InChI is InChI=1S/C9H13BrN2O/c10-9-12-8(6-13-9)5-11-7-3-1-2-4-7/h6-7,11H,1-5H2. The van der Waals surface area contributed by atoms with Crippen LogP contribution < -0.4 is 5.32 Å². The van der Waals surface area contributed by atoms with Crippen molar-refractivity contribution >= 4 is 15.9 Å². The molecule has 1 aromatic heterocycles. The number of hydrogen-bond donors (Lipinski definition) is 1. The monoisotopic (exact) mass is 244 g/mol. The molecule has 1 N–H and O–H groups in total. The van der Waals surface area contributed by atoms with Crippen molar-refractivity contribution in [2.45, 2.75) is 38.3 Å². The lowest BCUT2D eigenvalue weighted by atomic mass is 10.2. The number of halogens is 1. The van der Waals surface area contributed by atoms with Crippen LogP contribution in [-0.4, -0.2) is 11.0 Å². The van der Waals surface area contributed by atoms with Crippen LogP contribution in [0, 0.1) is 0 Å². The average Bonchev–Trinajstić information content (AvgIpc) is 2.71. The summed E-state index contributed by atoms with van der Waals surface area (Å²) >= 11 is 3.18. The molecule has 0 bridgehead atoms. The second-order valence-electron chi connectivity index (χ2n) is 3.45. The van der Waals surface area contributed by atoms with Gasteiger partial charge in [0.1, 0.15) is 6.26 Å². The van der Waals surface area contributed by atoms with Crippen molar-refractivity contribution in [1.29, 1.82) is 0 Å². The van der Waals surface area contributed by atoms with E-state index >= 15 is 0 Å². The van der Waals surface area contributed by atoms with Gasteiger partial charge >= 0.3 is 0 Å². The van der Waals surface area contributed by atoms with E-state index in [0.29, 0.717) is 10.8 Å². The summed E-state index contributed by atoms with van der Waals surface area (Å²) in [6.45, 7) is 0.819. The first-order chi connectivity index (χ1) is 6.34. The topological polar surface area (TPSA) is 38.1 Å². The third kappa shape index (κ3) is 2.54. The molecule has 0 atom stereocenters. The van der Waals surface area contributed by atoms with Crippen molar-refractivity contribution in [3.8, 4) is 0 Å². The van der Waals surface area contributed by atoms with Crippen LogP contribution in [0.5, 0.6) is 0 Å². The Labute approximate surface area is 86.0 Å². The summed E-state index contributed by atoms with van der Waals surface area (Å²) in [6.07, 6.45) is 7.02. The molecule has 1 aliphatic carbocycles. The molecule has 1 fully saturated rings. The Kier molecular flexibility index (Phi) is 3.01. The van der Waals surface area contributed by atoms with E-state index in [1.54, 1.807) is 6.26 Å². The minimum atomic E-state index is 0.565. The maximum atomic E-state index is 5.05. The number of rotatable bonds is 3. The van der Waals surface area contributed by atoms with Crippen LogP contribution in [-0.2, 0) is 6.54 Å². The van der Waals surface area contributed by atoms with Gasteiger partial charge in [0.05, 0.1) is 5.69 Å². The molecule has 4 heteroatoms. The molecule has 1 aromatic rings. The van der Waals surface area contributed by atoms with Gasteiger partial charge in [0, 0.05) is 28.5 Å². The minimum absolute atomic E-state index is 0.565. The Bertz CT molecular complexity index is 268. The zero-order valence-electron chi connectivity index (χ0n) is 7.42. The summed E-state index contributed by atoms with van der Waals surface area (Å²) in [4.78, 5) is 4.72. The van der Waals surface area contributed by atoms with Gasteiger partial charge in [0.25, 0.3) is 4.80 Å². The average molecular weight is 245 g/mol. The summed E-state index contributed by atoms with van der Waals surface area (Å²) in [5.41, 5.74) is 0.971. The molecule has 3 nitrogen and oxygen atoms in total. The molecule has 1 saturated carbocycles. The van der Waals surface area contributed by atoms with Gasteiger partial charge in [0.2, 0.25) is 0 Å². The van der Waals surface area contributed by atoms with Crippen LogP contribution in [0.4, 0.5) is 0 Å². The zero-order valence-corrected chi connectivity index (χ0v) is 9.01. The van der Waals surface area contributed by atoms with Gasteiger partial charge in [-0.1, -0.05) is 12.8 Å². The van der Waals surface area contributed by atoms with Crippen molar-refractivity contribution < 1.29 is 4.42 Å². The molecule has 0 spiro atoms. The van der Waals surface area contributed by atoms with Gasteiger partial charge < -0.3 is 9.73 Å². The van der Waals surface area contributed by atoms with Crippen molar-refractivity contribution in [2.24, 2.45) is 0 Å². The first-order valence-corrected chi connectivity index (χ1v) is 5.47. The van der Waals surface area contributed by atoms with Crippen LogP contribution in [0.1, 0.15) is 31.4 Å². The van der Waals surface area contributed by atoms with Gasteiger partial charge in [-0.3, -0.25) is 0 Å². The van der Waals surface area contributed by atoms with E-state index in [2.05, 4.69) is 26.2 Å². The van der Waals surface area contributed by atoms with Crippen molar-refractivity contribution in [3.05, 3.63) is 16.8 Å². The van der Waals surface area contributed by atoms with E-state index in [9.17, 15) is 0 Å². The molecule has 0 saturated heterocycles. The molecule has 0 unspecified atom stereocenters. The van der Waals surface area contributed by atoms with Gasteiger partial charge in [-0.05, 0) is 12.8 Å². The predicted octanol–water partition coefficient (Wildman–Crippen LogP) is 2.47. The third-order valence-electron chi connectivity index (χ3n) is 2.45. The fourth-order valence-electron chi connectivity index (χ4n) is 1.74. The van der Waals surface area contributed by atoms with Crippen molar-refractivity contribution in [1.82, 2.24) is 10.3 Å². The van der Waals surface area contributed by atoms with Crippen LogP contribution in [0.3, 0.4) is 0 Å². The lowest BCUT2D eigenvalue weighted by Crippen LogP contribution is -2.25. The number of oxazole rings is 1. The summed E-state index contributed by atoms with van der Waals surface area (Å²) in [7, 11) is 0. The van der Waals surface area contributed by atoms with Crippen LogP contribution in [0.2, 0.25) is 0 Å². The molecule has 1 heterocycles. The molecule has 0 aliphatic heterocycles. The minimum Gasteiger partial charge on any atom is -0.439 e. The Balaban J connectivity index is 1.78. The molecule has 0 amide bonds. The third-order valence-corrected chi connectivity index (χ3v) is 2.81.